The summed E-state index contributed by atoms with van der Waals surface area (Å²) in [6, 6.07) is 11.2. The molecule has 0 amide bonds. The Morgan fingerprint density at radius 1 is 0.870 bits per heavy atom. The molecule has 2 aromatic carbocycles. The molecule has 0 spiro atoms. The highest BCUT2D eigenvalue weighted by Crippen LogP contribution is 2.31. The number of nitrogens with one attached hydrogen (secondary N) is 1. The van der Waals surface area contributed by atoms with Gasteiger partial charge in [0.15, 0.2) is 11.6 Å². The van der Waals surface area contributed by atoms with Gasteiger partial charge in [-0.2, -0.15) is 8.42 Å². The van der Waals surface area contributed by atoms with Crippen LogP contribution >= 0.6 is 0 Å². The van der Waals surface area contributed by atoms with Gasteiger partial charge in [0.1, 0.15) is 0 Å². The lowest BCUT2D eigenvalue weighted by atomic mass is 9.83. The Bertz CT molecular complexity index is 921. The topological polar surface area (TPSA) is 80.3 Å². The van der Waals surface area contributed by atoms with E-state index in [2.05, 4.69) is 5.32 Å². The van der Waals surface area contributed by atoms with Crippen molar-refractivity contribution in [3.63, 3.8) is 0 Å². The number of fused-ring (bicyclic) bond motifs is 2. The van der Waals surface area contributed by atoms with Gasteiger partial charge in [-0.1, -0.05) is 36.4 Å². The number of anilines is 1. The predicted octanol–water partition coefficient (Wildman–Crippen LogP) is 2.17. The van der Waals surface area contributed by atoms with Crippen LogP contribution in [0.25, 0.3) is 0 Å². The smallest absolute Gasteiger partial charge is 0.304 e. The van der Waals surface area contributed by atoms with Crippen LogP contribution < -0.4 is 5.32 Å². The number of ketones is 2. The predicted molar refractivity (Wildman–Crippen MR) is 83.1 cm³/mol. The normalized spacial score (nSPS) is 13.4. The first-order valence-electron chi connectivity index (χ1n) is 6.86. The van der Waals surface area contributed by atoms with Gasteiger partial charge in [-0.3, -0.25) is 9.59 Å². The summed E-state index contributed by atoms with van der Waals surface area (Å²) in [6.07, 6.45) is 0. The third-order valence-electron chi connectivity index (χ3n) is 3.61. The Kier molecular flexibility index (Phi) is 3.73. The maximum Gasteiger partial charge on any atom is 0.304 e. The lowest BCUT2D eigenvalue weighted by Gasteiger charge is -2.20. The van der Waals surface area contributed by atoms with Crippen LogP contribution in [0.1, 0.15) is 31.8 Å². The Morgan fingerprint density at radius 2 is 1.48 bits per heavy atom. The van der Waals surface area contributed by atoms with Crippen LogP contribution in [-0.4, -0.2) is 32.3 Å². The van der Waals surface area contributed by atoms with Crippen LogP contribution in [0.4, 0.5) is 9.57 Å². The lowest BCUT2D eigenvalue weighted by molar-refractivity contribution is 0.0979. The molecule has 3 rings (SSSR count). The van der Waals surface area contributed by atoms with Crippen LogP contribution in [0, 0.1) is 0 Å². The van der Waals surface area contributed by atoms with Gasteiger partial charge in [-0.15, -0.1) is 3.89 Å². The maximum atomic E-state index is 12.6. The summed E-state index contributed by atoms with van der Waals surface area (Å²) < 4.78 is 33.7. The lowest BCUT2D eigenvalue weighted by Crippen LogP contribution is -2.23. The minimum atomic E-state index is -4.60. The Hall–Kier alpha value is -2.54. The average Bonchev–Trinajstić information content (AvgIpc) is 2.51. The first-order valence-corrected chi connectivity index (χ1v) is 8.41. The van der Waals surface area contributed by atoms with E-state index in [-0.39, 0.29) is 29.2 Å². The number of carbonyl (C=O) groups is 2. The van der Waals surface area contributed by atoms with Crippen LogP contribution in [0.15, 0.2) is 42.5 Å². The molecule has 0 radical (unpaired) electrons. The fourth-order valence-corrected chi connectivity index (χ4v) is 2.95. The third kappa shape index (κ3) is 2.87. The molecule has 0 unspecified atom stereocenters. The van der Waals surface area contributed by atoms with E-state index in [1.54, 1.807) is 42.5 Å². The second-order valence-corrected chi connectivity index (χ2v) is 6.59. The van der Waals surface area contributed by atoms with E-state index in [0.29, 0.717) is 16.8 Å². The second kappa shape index (κ2) is 5.58. The van der Waals surface area contributed by atoms with Gasteiger partial charge in [0, 0.05) is 28.9 Å². The molecule has 23 heavy (non-hydrogen) atoms. The van der Waals surface area contributed by atoms with E-state index >= 15 is 0 Å². The number of hydrogen-bond acceptors (Lipinski definition) is 5. The number of hydrogen-bond donors (Lipinski definition) is 1. The number of rotatable bonds is 4. The molecule has 0 heterocycles. The van der Waals surface area contributed by atoms with Crippen LogP contribution in [-0.2, 0) is 10.2 Å². The minimum absolute atomic E-state index is 0.187. The van der Waals surface area contributed by atoms with Gasteiger partial charge in [0.05, 0.1) is 11.3 Å². The zero-order valence-corrected chi connectivity index (χ0v) is 12.7. The number of carbonyl (C=O) groups excluding carboxylic acids is 2. The molecule has 5 nitrogen and oxygen atoms in total. The van der Waals surface area contributed by atoms with Crippen molar-refractivity contribution in [1.82, 2.24) is 0 Å². The van der Waals surface area contributed by atoms with Crippen molar-refractivity contribution in [3.05, 3.63) is 64.7 Å². The van der Waals surface area contributed by atoms with E-state index in [1.807, 2.05) is 0 Å². The summed E-state index contributed by atoms with van der Waals surface area (Å²) >= 11 is 0. The van der Waals surface area contributed by atoms with E-state index in [4.69, 9.17) is 0 Å². The van der Waals surface area contributed by atoms with Gasteiger partial charge in [-0.25, -0.2) is 0 Å². The van der Waals surface area contributed by atoms with Crippen molar-refractivity contribution >= 4 is 27.5 Å². The molecule has 2 aromatic rings. The molecule has 1 aliphatic carbocycles. The fourth-order valence-electron chi connectivity index (χ4n) is 2.60. The maximum absolute atomic E-state index is 12.6. The Labute approximate surface area is 132 Å². The molecule has 0 atom stereocenters. The molecular formula is C16H12FNO4S. The van der Waals surface area contributed by atoms with E-state index in [9.17, 15) is 21.9 Å². The summed E-state index contributed by atoms with van der Waals surface area (Å²) in [5.41, 5.74) is 1.40. The molecule has 0 aliphatic heterocycles. The summed E-state index contributed by atoms with van der Waals surface area (Å²) in [4.78, 5) is 25.2. The van der Waals surface area contributed by atoms with Gasteiger partial charge in [0.2, 0.25) is 0 Å². The van der Waals surface area contributed by atoms with E-state index < -0.39 is 16.0 Å². The number of benzene rings is 2. The average molecular weight is 333 g/mol. The van der Waals surface area contributed by atoms with Gasteiger partial charge in [0.25, 0.3) is 0 Å². The van der Waals surface area contributed by atoms with Crippen LogP contribution in [0.5, 0.6) is 0 Å². The van der Waals surface area contributed by atoms with Crippen molar-refractivity contribution < 1.29 is 21.9 Å². The summed E-state index contributed by atoms with van der Waals surface area (Å²) in [6.45, 7) is -0.196. The Morgan fingerprint density at radius 3 is 2.13 bits per heavy atom. The summed E-state index contributed by atoms with van der Waals surface area (Å²) in [5, 5.41) is 2.72. The molecule has 0 saturated carbocycles. The molecule has 7 heteroatoms. The van der Waals surface area contributed by atoms with Gasteiger partial charge < -0.3 is 5.32 Å². The molecule has 0 aromatic heterocycles. The highest BCUT2D eigenvalue weighted by atomic mass is 32.3. The van der Waals surface area contributed by atoms with Crippen molar-refractivity contribution in [2.75, 3.05) is 17.6 Å². The zero-order valence-electron chi connectivity index (χ0n) is 11.9. The molecule has 0 saturated heterocycles. The minimum Gasteiger partial charge on any atom is -0.383 e. The highest BCUT2D eigenvalue weighted by molar-refractivity contribution is 7.86. The third-order valence-corrected chi connectivity index (χ3v) is 4.31. The van der Waals surface area contributed by atoms with Gasteiger partial charge >= 0.3 is 10.2 Å². The molecule has 0 fully saturated rings. The first kappa shape index (κ1) is 15.4. The largest absolute Gasteiger partial charge is 0.383 e. The standard InChI is InChI=1S/C16H12FNO4S/c17-23(21,22)9-8-18-13-7-3-6-12-14(13)16(20)11-5-2-1-4-10(11)15(12)19/h1-7,18H,8-9H2. The van der Waals surface area contributed by atoms with Crippen molar-refractivity contribution in [1.29, 1.82) is 0 Å². The fraction of sp³-hybridized carbons (Fsp3) is 0.125. The van der Waals surface area contributed by atoms with Crippen LogP contribution in [0.3, 0.4) is 0 Å². The SMILES string of the molecule is O=C1c2ccccc2C(=O)c2c(NCCS(=O)(=O)F)cccc21. The van der Waals surface area contributed by atoms with Gasteiger partial charge in [-0.05, 0) is 6.07 Å². The molecule has 0 bridgehead atoms. The molecule has 1 N–H and O–H groups in total. The first-order chi connectivity index (χ1) is 10.9. The van der Waals surface area contributed by atoms with Crippen LogP contribution in [0.2, 0.25) is 0 Å². The highest BCUT2D eigenvalue weighted by Gasteiger charge is 2.31. The van der Waals surface area contributed by atoms with Crippen molar-refractivity contribution in [2.45, 2.75) is 0 Å². The molecular weight excluding hydrogens is 321 g/mol. The van der Waals surface area contributed by atoms with Crippen molar-refractivity contribution in [2.24, 2.45) is 0 Å². The number of halogens is 1. The van der Waals surface area contributed by atoms with E-state index in [0.717, 1.165) is 0 Å². The Balaban J connectivity index is 2.01. The zero-order chi connectivity index (χ0) is 16.6. The summed E-state index contributed by atoms with van der Waals surface area (Å²) in [7, 11) is -4.60. The molecule has 118 valence electrons. The quantitative estimate of drug-likeness (QED) is 0.740. The van der Waals surface area contributed by atoms with E-state index in [1.165, 1.54) is 0 Å². The second-order valence-electron chi connectivity index (χ2n) is 5.10. The monoisotopic (exact) mass is 333 g/mol. The van der Waals surface area contributed by atoms with Crippen molar-refractivity contribution in [3.8, 4) is 0 Å². The molecule has 1 aliphatic rings. The summed E-state index contributed by atoms with van der Waals surface area (Å²) in [5.74, 6) is -1.30.